The SMILES string of the molecule is S=PN[C@H]1C[C@H]2CC[C@@H](C1)N2Cc1ccc(Cl)cc1. The molecule has 0 aliphatic carbocycles. The molecule has 2 heterocycles. The van der Waals surface area contributed by atoms with Crippen molar-refractivity contribution < 1.29 is 0 Å². The van der Waals surface area contributed by atoms with Gasteiger partial charge in [-0.2, -0.15) is 0 Å². The monoisotopic (exact) mass is 312 g/mol. The lowest BCUT2D eigenvalue weighted by Crippen LogP contribution is -2.46. The van der Waals surface area contributed by atoms with E-state index in [1.54, 1.807) is 0 Å². The molecular weight excluding hydrogens is 295 g/mol. The molecule has 2 nitrogen and oxygen atoms in total. The predicted molar refractivity (Wildman–Crippen MR) is 84.2 cm³/mol. The number of hydrogen-bond donors (Lipinski definition) is 1. The van der Waals surface area contributed by atoms with E-state index in [0.717, 1.165) is 31.2 Å². The third-order valence-electron chi connectivity index (χ3n) is 4.40. The van der Waals surface area contributed by atoms with Gasteiger partial charge in [-0.1, -0.05) is 23.7 Å². The van der Waals surface area contributed by atoms with Crippen molar-refractivity contribution in [2.75, 3.05) is 0 Å². The van der Waals surface area contributed by atoms with Gasteiger partial charge in [0.25, 0.3) is 0 Å². The number of benzene rings is 1. The maximum atomic E-state index is 5.95. The van der Waals surface area contributed by atoms with Crippen LogP contribution in [0.2, 0.25) is 5.02 Å². The van der Waals surface area contributed by atoms with Gasteiger partial charge in [0.15, 0.2) is 0 Å². The van der Waals surface area contributed by atoms with Crippen LogP contribution in [-0.4, -0.2) is 23.0 Å². The van der Waals surface area contributed by atoms with Gasteiger partial charge >= 0.3 is 0 Å². The molecule has 102 valence electrons. The van der Waals surface area contributed by atoms with Crippen molar-refractivity contribution in [1.82, 2.24) is 9.99 Å². The lowest BCUT2D eigenvalue weighted by molar-refractivity contribution is 0.116. The Balaban J connectivity index is 1.66. The van der Waals surface area contributed by atoms with Gasteiger partial charge in [0.05, 0.1) is 7.51 Å². The van der Waals surface area contributed by atoms with Crippen LogP contribution in [0.25, 0.3) is 0 Å². The molecule has 2 aliphatic rings. The Morgan fingerprint density at radius 1 is 1.21 bits per heavy atom. The Morgan fingerprint density at radius 2 is 1.84 bits per heavy atom. The average molecular weight is 313 g/mol. The molecule has 19 heavy (non-hydrogen) atoms. The molecule has 0 saturated carbocycles. The number of halogens is 1. The van der Waals surface area contributed by atoms with E-state index in [0.29, 0.717) is 6.04 Å². The van der Waals surface area contributed by atoms with Crippen LogP contribution >= 0.6 is 19.1 Å². The van der Waals surface area contributed by atoms with E-state index in [1.165, 1.54) is 31.2 Å². The molecule has 0 amide bonds. The molecule has 2 fully saturated rings. The first kappa shape index (κ1) is 13.9. The first-order chi connectivity index (χ1) is 9.26. The van der Waals surface area contributed by atoms with Crippen LogP contribution in [0.3, 0.4) is 0 Å². The van der Waals surface area contributed by atoms with E-state index in [2.05, 4.69) is 22.1 Å². The molecule has 1 N–H and O–H groups in total. The Hall–Kier alpha value is -0.0500. The minimum absolute atomic E-state index is 0.623. The summed E-state index contributed by atoms with van der Waals surface area (Å²) in [5.74, 6) is 0. The molecule has 2 bridgehead atoms. The van der Waals surface area contributed by atoms with Crippen LogP contribution in [0.15, 0.2) is 24.3 Å². The lowest BCUT2D eigenvalue weighted by Gasteiger charge is -2.38. The smallest absolute Gasteiger partial charge is 0.0588 e. The minimum atomic E-state index is 0.623. The summed E-state index contributed by atoms with van der Waals surface area (Å²) in [6.07, 6.45) is 5.16. The molecule has 0 radical (unpaired) electrons. The largest absolute Gasteiger partial charge is 0.293 e. The third-order valence-corrected chi connectivity index (χ3v) is 5.44. The number of nitrogens with zero attached hydrogens (tertiary/aromatic N) is 1. The summed E-state index contributed by atoms with van der Waals surface area (Å²) in [7, 11) is 0.904. The van der Waals surface area contributed by atoms with Crippen LogP contribution in [-0.2, 0) is 18.4 Å². The van der Waals surface area contributed by atoms with Crippen LogP contribution in [0.5, 0.6) is 0 Å². The van der Waals surface area contributed by atoms with Crippen LogP contribution in [0, 0.1) is 0 Å². The molecule has 3 rings (SSSR count). The predicted octanol–water partition coefficient (Wildman–Crippen LogP) is 3.75. The van der Waals surface area contributed by atoms with Crippen molar-refractivity contribution in [3.8, 4) is 0 Å². The fourth-order valence-electron chi connectivity index (χ4n) is 3.51. The van der Waals surface area contributed by atoms with Crippen molar-refractivity contribution >= 4 is 30.9 Å². The highest BCUT2D eigenvalue weighted by Crippen LogP contribution is 2.37. The lowest BCUT2D eigenvalue weighted by atomic mass is 9.97. The summed E-state index contributed by atoms with van der Waals surface area (Å²) in [6, 6.07) is 10.3. The van der Waals surface area contributed by atoms with E-state index < -0.39 is 0 Å². The highest BCUT2D eigenvalue weighted by atomic mass is 35.5. The van der Waals surface area contributed by atoms with Gasteiger partial charge in [-0.25, -0.2) is 0 Å². The Kier molecular flexibility index (Phi) is 4.51. The number of rotatable bonds is 4. The van der Waals surface area contributed by atoms with Gasteiger partial charge in [-0.3, -0.25) is 9.99 Å². The van der Waals surface area contributed by atoms with Gasteiger partial charge in [-0.05, 0) is 55.2 Å². The summed E-state index contributed by atoms with van der Waals surface area (Å²) >= 11 is 11.0. The number of hydrogen-bond acceptors (Lipinski definition) is 2. The van der Waals surface area contributed by atoms with E-state index >= 15 is 0 Å². The highest BCUT2D eigenvalue weighted by molar-refractivity contribution is 7.95. The molecule has 1 aromatic carbocycles. The van der Waals surface area contributed by atoms with Gasteiger partial charge < -0.3 is 0 Å². The van der Waals surface area contributed by atoms with Crippen molar-refractivity contribution in [1.29, 1.82) is 0 Å². The number of fused-ring (bicyclic) bond motifs is 2. The first-order valence-corrected chi connectivity index (χ1v) is 9.13. The Morgan fingerprint density at radius 3 is 2.42 bits per heavy atom. The van der Waals surface area contributed by atoms with Crippen LogP contribution in [0.4, 0.5) is 0 Å². The summed E-state index contributed by atoms with van der Waals surface area (Å²) in [5.41, 5.74) is 1.37. The van der Waals surface area contributed by atoms with Crippen LogP contribution < -0.4 is 5.09 Å². The normalized spacial score (nSPS) is 30.9. The summed E-state index contributed by atoms with van der Waals surface area (Å²) in [5, 5.41) is 4.24. The maximum absolute atomic E-state index is 5.95. The fraction of sp³-hybridized carbons (Fsp3) is 0.571. The van der Waals surface area contributed by atoms with Crippen molar-refractivity contribution in [2.45, 2.75) is 50.4 Å². The van der Waals surface area contributed by atoms with Gasteiger partial charge in [0.2, 0.25) is 0 Å². The van der Waals surface area contributed by atoms with E-state index in [4.69, 9.17) is 23.4 Å². The molecular formula is C14H18ClN2PS. The second kappa shape index (κ2) is 6.15. The van der Waals surface area contributed by atoms with Gasteiger partial charge in [-0.15, -0.1) is 0 Å². The van der Waals surface area contributed by atoms with E-state index in [9.17, 15) is 0 Å². The second-order valence-corrected chi connectivity index (χ2v) is 7.00. The maximum Gasteiger partial charge on any atom is 0.0588 e. The topological polar surface area (TPSA) is 15.3 Å². The first-order valence-electron chi connectivity index (χ1n) is 6.84. The Bertz CT molecular complexity index is 439. The van der Waals surface area contributed by atoms with E-state index in [-0.39, 0.29) is 0 Å². The molecule has 5 heteroatoms. The Labute approximate surface area is 126 Å². The molecule has 1 aromatic rings. The van der Waals surface area contributed by atoms with Gasteiger partial charge in [0.1, 0.15) is 0 Å². The molecule has 0 aromatic heterocycles. The third kappa shape index (κ3) is 3.17. The molecule has 0 spiro atoms. The summed E-state index contributed by atoms with van der Waals surface area (Å²) < 4.78 is 0. The molecule has 2 aliphatic heterocycles. The molecule has 3 atom stereocenters. The molecule has 0 unspecified atom stereocenters. The molecule has 2 saturated heterocycles. The minimum Gasteiger partial charge on any atom is -0.293 e. The highest BCUT2D eigenvalue weighted by Gasteiger charge is 2.40. The zero-order valence-corrected chi connectivity index (χ0v) is 13.2. The number of nitrogens with one attached hydrogen (secondary N) is 1. The standard InChI is InChI=1S/C14H18ClN2PS/c15-11-3-1-10(2-4-11)9-17-13-5-6-14(17)8-12(7-13)16-18-19/h1-4,12-14H,5-9H2,(H,16,19)/t12-,13+,14-. The van der Waals surface area contributed by atoms with Gasteiger partial charge in [0, 0.05) is 29.7 Å². The zero-order valence-electron chi connectivity index (χ0n) is 10.8. The van der Waals surface area contributed by atoms with Crippen molar-refractivity contribution in [2.24, 2.45) is 0 Å². The second-order valence-electron chi connectivity index (χ2n) is 5.57. The van der Waals surface area contributed by atoms with Crippen LogP contribution in [0.1, 0.15) is 31.2 Å². The number of piperidine rings is 1. The van der Waals surface area contributed by atoms with Crippen molar-refractivity contribution in [3.63, 3.8) is 0 Å². The quantitative estimate of drug-likeness (QED) is 0.853. The summed E-state index contributed by atoms with van der Waals surface area (Å²) in [6.45, 7) is 1.06. The van der Waals surface area contributed by atoms with E-state index in [1.807, 2.05) is 12.1 Å². The fourth-order valence-corrected chi connectivity index (χ4v) is 4.45. The summed E-state index contributed by atoms with van der Waals surface area (Å²) in [4.78, 5) is 2.68. The van der Waals surface area contributed by atoms with Crippen molar-refractivity contribution in [3.05, 3.63) is 34.9 Å². The zero-order chi connectivity index (χ0) is 13.2. The average Bonchev–Trinajstić information content (AvgIpc) is 2.64.